The Bertz CT molecular complexity index is 420. The molecule has 16 heavy (non-hydrogen) atoms. The highest BCUT2D eigenvalue weighted by Gasteiger charge is 2.11. The fourth-order valence-corrected chi connectivity index (χ4v) is 1.18. The van der Waals surface area contributed by atoms with E-state index in [4.69, 9.17) is 0 Å². The van der Waals surface area contributed by atoms with E-state index in [2.05, 4.69) is 27.4 Å². The van der Waals surface area contributed by atoms with Gasteiger partial charge < -0.3 is 5.11 Å². The average Bonchev–Trinajstić information content (AvgIpc) is 2.18. The van der Waals surface area contributed by atoms with Crippen LogP contribution in [0.25, 0.3) is 6.08 Å². The lowest BCUT2D eigenvalue weighted by molar-refractivity contribution is 0.471. The Kier molecular flexibility index (Phi) is 3.58. The van der Waals surface area contributed by atoms with Gasteiger partial charge in [-0.3, -0.25) is 0 Å². The lowest BCUT2D eigenvalue weighted by Gasteiger charge is -2.18. The Balaban J connectivity index is 2.85. The fourth-order valence-electron chi connectivity index (χ4n) is 1.18. The third-order valence-electron chi connectivity index (χ3n) is 2.67. The van der Waals surface area contributed by atoms with Crippen molar-refractivity contribution in [2.45, 2.75) is 27.7 Å². The molecule has 1 heteroatoms. The maximum absolute atomic E-state index is 9.57. The molecule has 0 aliphatic carbocycles. The van der Waals surface area contributed by atoms with Gasteiger partial charge in [0.25, 0.3) is 0 Å². The van der Waals surface area contributed by atoms with Crippen molar-refractivity contribution in [3.63, 3.8) is 0 Å². The van der Waals surface area contributed by atoms with Gasteiger partial charge in [0.15, 0.2) is 0 Å². The van der Waals surface area contributed by atoms with Crippen LogP contribution in [0.5, 0.6) is 5.75 Å². The van der Waals surface area contributed by atoms with Gasteiger partial charge in [-0.25, -0.2) is 0 Å². The fraction of sp³-hybridized carbons (Fsp3) is 0.333. The molecule has 0 atom stereocenters. The summed E-state index contributed by atoms with van der Waals surface area (Å²) in [7, 11) is 0. The topological polar surface area (TPSA) is 20.2 Å². The third-order valence-corrected chi connectivity index (χ3v) is 2.67. The predicted octanol–water partition coefficient (Wildman–Crippen LogP) is 4.32. The van der Waals surface area contributed by atoms with Crippen molar-refractivity contribution >= 4 is 6.08 Å². The molecule has 1 rings (SSSR count). The number of allylic oxidation sites excluding steroid dienone is 2. The normalized spacial score (nSPS) is 12.0. The van der Waals surface area contributed by atoms with Gasteiger partial charge >= 0.3 is 0 Å². The van der Waals surface area contributed by atoms with Crippen molar-refractivity contribution in [3.8, 4) is 5.75 Å². The van der Waals surface area contributed by atoms with Gasteiger partial charge in [-0.1, -0.05) is 51.6 Å². The number of rotatable bonds is 2. The summed E-state index contributed by atoms with van der Waals surface area (Å²) in [4.78, 5) is 0. The molecule has 1 aromatic carbocycles. The van der Waals surface area contributed by atoms with Gasteiger partial charge in [0.1, 0.15) is 5.75 Å². The molecule has 0 spiro atoms. The van der Waals surface area contributed by atoms with Crippen LogP contribution in [0.2, 0.25) is 0 Å². The Morgan fingerprint density at radius 3 is 2.44 bits per heavy atom. The van der Waals surface area contributed by atoms with Crippen LogP contribution in [0.15, 0.2) is 36.4 Å². The molecule has 1 N–H and O–H groups in total. The molecule has 0 saturated carbocycles. The summed E-state index contributed by atoms with van der Waals surface area (Å²) in [5.41, 5.74) is 3.05. The van der Waals surface area contributed by atoms with Gasteiger partial charge in [-0.15, -0.1) is 0 Å². The maximum atomic E-state index is 9.57. The molecule has 0 bridgehead atoms. The van der Waals surface area contributed by atoms with Crippen LogP contribution < -0.4 is 0 Å². The van der Waals surface area contributed by atoms with Crippen molar-refractivity contribution in [2.75, 3.05) is 0 Å². The lowest BCUT2D eigenvalue weighted by atomic mass is 9.87. The monoisotopic (exact) mass is 216 g/mol. The van der Waals surface area contributed by atoms with Crippen LogP contribution in [0.4, 0.5) is 0 Å². The number of phenols is 1. The van der Waals surface area contributed by atoms with Crippen molar-refractivity contribution in [3.05, 3.63) is 47.6 Å². The summed E-state index contributed by atoms with van der Waals surface area (Å²) in [6, 6.07) is 5.66. The van der Waals surface area contributed by atoms with Crippen molar-refractivity contribution in [1.29, 1.82) is 0 Å². The summed E-state index contributed by atoms with van der Waals surface area (Å²) in [5, 5.41) is 9.57. The molecule has 0 aliphatic rings. The third kappa shape index (κ3) is 3.27. The second kappa shape index (κ2) is 4.56. The number of phenolic OH excluding ortho intramolecular Hbond substituents is 1. The molecule has 1 aromatic rings. The van der Waals surface area contributed by atoms with Crippen LogP contribution in [0, 0.1) is 12.3 Å². The summed E-state index contributed by atoms with van der Waals surface area (Å²) in [6.45, 7) is 12.3. The number of aryl methyl sites for hydroxylation is 1. The highest BCUT2D eigenvalue weighted by atomic mass is 16.3. The van der Waals surface area contributed by atoms with E-state index in [1.807, 2.05) is 31.2 Å². The Morgan fingerprint density at radius 1 is 1.31 bits per heavy atom. The SMILES string of the molecule is C=C(/C=C/c1ccc(C)c(O)c1)C(C)(C)C. The second-order valence-electron chi connectivity index (χ2n) is 5.15. The molecule has 0 aromatic heterocycles. The van der Waals surface area contributed by atoms with Gasteiger partial charge in [0, 0.05) is 0 Å². The van der Waals surface area contributed by atoms with Crippen molar-refractivity contribution in [2.24, 2.45) is 5.41 Å². The molecule has 86 valence electrons. The lowest BCUT2D eigenvalue weighted by Crippen LogP contribution is -2.05. The zero-order valence-electron chi connectivity index (χ0n) is 10.5. The number of benzene rings is 1. The van der Waals surface area contributed by atoms with Crippen LogP contribution in [0.3, 0.4) is 0 Å². The number of hydrogen-bond donors (Lipinski definition) is 1. The van der Waals surface area contributed by atoms with E-state index in [1.54, 1.807) is 6.07 Å². The van der Waals surface area contributed by atoms with Crippen LogP contribution >= 0.6 is 0 Å². The van der Waals surface area contributed by atoms with Crippen LogP contribution in [0.1, 0.15) is 31.9 Å². The first-order valence-corrected chi connectivity index (χ1v) is 5.48. The minimum Gasteiger partial charge on any atom is -0.508 e. The first-order chi connectivity index (χ1) is 7.30. The number of hydrogen-bond acceptors (Lipinski definition) is 1. The van der Waals surface area contributed by atoms with E-state index in [1.165, 1.54) is 0 Å². The van der Waals surface area contributed by atoms with Crippen LogP contribution in [-0.4, -0.2) is 5.11 Å². The second-order valence-corrected chi connectivity index (χ2v) is 5.15. The quantitative estimate of drug-likeness (QED) is 0.730. The summed E-state index contributed by atoms with van der Waals surface area (Å²) in [5.74, 6) is 0.337. The minimum absolute atomic E-state index is 0.0865. The Hall–Kier alpha value is -1.50. The maximum Gasteiger partial charge on any atom is 0.119 e. The van der Waals surface area contributed by atoms with E-state index in [-0.39, 0.29) is 5.41 Å². The van der Waals surface area contributed by atoms with Crippen molar-refractivity contribution in [1.82, 2.24) is 0 Å². The Labute approximate surface area is 98.1 Å². The molecule has 0 fully saturated rings. The smallest absolute Gasteiger partial charge is 0.119 e. The standard InChI is InChI=1S/C15H20O/c1-11-6-8-13(10-14(11)16)9-7-12(2)15(3,4)5/h6-10,16H,2H2,1,3-5H3/b9-7+. The molecule has 1 nitrogen and oxygen atoms in total. The minimum atomic E-state index is 0.0865. The van der Waals surface area contributed by atoms with Gasteiger partial charge in [0.2, 0.25) is 0 Å². The molecular weight excluding hydrogens is 196 g/mol. The zero-order valence-corrected chi connectivity index (χ0v) is 10.5. The first-order valence-electron chi connectivity index (χ1n) is 5.48. The molecule has 0 unspecified atom stereocenters. The van der Waals surface area contributed by atoms with Gasteiger partial charge in [-0.05, 0) is 35.1 Å². The summed E-state index contributed by atoms with van der Waals surface area (Å²) < 4.78 is 0. The zero-order chi connectivity index (χ0) is 12.3. The molecule has 0 aliphatic heterocycles. The Morgan fingerprint density at radius 2 is 1.94 bits per heavy atom. The molecule has 0 saturated heterocycles. The average molecular weight is 216 g/mol. The summed E-state index contributed by atoms with van der Waals surface area (Å²) >= 11 is 0. The molecule has 0 radical (unpaired) electrons. The molecule has 0 heterocycles. The van der Waals surface area contributed by atoms with Crippen molar-refractivity contribution < 1.29 is 5.11 Å². The van der Waals surface area contributed by atoms with Gasteiger partial charge in [0.05, 0.1) is 0 Å². The first kappa shape index (κ1) is 12.6. The molecular formula is C15H20O. The van der Waals surface area contributed by atoms with E-state index in [0.717, 1.165) is 16.7 Å². The van der Waals surface area contributed by atoms with E-state index >= 15 is 0 Å². The largest absolute Gasteiger partial charge is 0.508 e. The molecule has 0 amide bonds. The highest BCUT2D eigenvalue weighted by molar-refractivity contribution is 5.56. The summed E-state index contributed by atoms with van der Waals surface area (Å²) in [6.07, 6.45) is 3.98. The van der Waals surface area contributed by atoms with Gasteiger partial charge in [-0.2, -0.15) is 0 Å². The number of aromatic hydroxyl groups is 1. The van der Waals surface area contributed by atoms with E-state index in [0.29, 0.717) is 5.75 Å². The van der Waals surface area contributed by atoms with E-state index < -0.39 is 0 Å². The highest BCUT2D eigenvalue weighted by Crippen LogP contribution is 2.25. The van der Waals surface area contributed by atoms with Crippen LogP contribution in [-0.2, 0) is 0 Å². The predicted molar refractivity (Wildman–Crippen MR) is 70.5 cm³/mol. The van der Waals surface area contributed by atoms with E-state index in [9.17, 15) is 5.11 Å².